The van der Waals surface area contributed by atoms with Crippen LogP contribution in [-0.2, 0) is 14.3 Å². The third kappa shape index (κ3) is 1.48. The largest absolute Gasteiger partial charge is 0.469 e. The minimum atomic E-state index is -0.185. The molecule has 0 aliphatic carbocycles. The lowest BCUT2D eigenvalue weighted by molar-refractivity contribution is -0.147. The Bertz CT molecular complexity index is 267. The van der Waals surface area contributed by atoms with Gasteiger partial charge in [-0.3, -0.25) is 9.59 Å². The summed E-state index contributed by atoms with van der Waals surface area (Å²) in [4.78, 5) is 22.5. The number of piperidine rings is 1. The van der Waals surface area contributed by atoms with Gasteiger partial charge in [0.1, 0.15) is 0 Å². The predicted octanol–water partition coefficient (Wildman–Crippen LogP) is -1.12. The second kappa shape index (κ2) is 3.57. The fourth-order valence-corrected chi connectivity index (χ4v) is 2.22. The number of rotatable bonds is 1. The molecule has 0 spiro atoms. The lowest BCUT2D eigenvalue weighted by Gasteiger charge is -2.29. The van der Waals surface area contributed by atoms with E-state index in [2.05, 4.69) is 15.4 Å². The van der Waals surface area contributed by atoms with Crippen molar-refractivity contribution in [3.63, 3.8) is 0 Å². The molecule has 2 aliphatic heterocycles. The Morgan fingerprint density at radius 2 is 2.29 bits per heavy atom. The molecule has 1 amide bonds. The summed E-state index contributed by atoms with van der Waals surface area (Å²) in [6, 6.07) is -0.101. The number of carbonyl (C=O) groups is 2. The molecule has 0 saturated carbocycles. The van der Waals surface area contributed by atoms with Gasteiger partial charge in [-0.05, 0) is 6.42 Å². The zero-order valence-electron chi connectivity index (χ0n) is 8.08. The van der Waals surface area contributed by atoms with Crippen LogP contribution in [0.2, 0.25) is 0 Å². The van der Waals surface area contributed by atoms with Crippen molar-refractivity contribution in [3.05, 3.63) is 0 Å². The number of fused-ring (bicyclic) bond motifs is 1. The Kier molecular flexibility index (Phi) is 2.41. The molecule has 2 saturated heterocycles. The maximum Gasteiger partial charge on any atom is 0.309 e. The third-order valence-corrected chi connectivity index (χ3v) is 3.00. The quantitative estimate of drug-likeness (QED) is 0.524. The maximum atomic E-state index is 11.3. The summed E-state index contributed by atoms with van der Waals surface area (Å²) < 4.78 is 4.68. The molecular weight excluding hydrogens is 184 g/mol. The molecule has 0 aromatic carbocycles. The van der Waals surface area contributed by atoms with Gasteiger partial charge in [-0.1, -0.05) is 0 Å². The zero-order valence-corrected chi connectivity index (χ0v) is 8.08. The van der Waals surface area contributed by atoms with E-state index in [1.54, 1.807) is 0 Å². The molecule has 0 aromatic rings. The molecule has 5 heteroatoms. The minimum absolute atomic E-state index is 0.0540. The zero-order chi connectivity index (χ0) is 10.1. The van der Waals surface area contributed by atoms with Crippen molar-refractivity contribution in [2.24, 2.45) is 11.8 Å². The van der Waals surface area contributed by atoms with E-state index in [1.807, 2.05) is 0 Å². The van der Waals surface area contributed by atoms with Crippen LogP contribution < -0.4 is 10.6 Å². The van der Waals surface area contributed by atoms with Gasteiger partial charge in [-0.2, -0.15) is 0 Å². The van der Waals surface area contributed by atoms with Gasteiger partial charge in [0.2, 0.25) is 5.91 Å². The van der Waals surface area contributed by atoms with Crippen LogP contribution in [0.25, 0.3) is 0 Å². The molecule has 0 bridgehead atoms. The molecule has 0 unspecified atom stereocenters. The van der Waals surface area contributed by atoms with Crippen molar-refractivity contribution in [1.82, 2.24) is 10.6 Å². The van der Waals surface area contributed by atoms with Gasteiger partial charge in [0.05, 0.1) is 19.1 Å². The molecule has 78 valence electrons. The van der Waals surface area contributed by atoms with Gasteiger partial charge in [-0.15, -0.1) is 0 Å². The average Bonchev–Trinajstić information content (AvgIpc) is 2.59. The summed E-state index contributed by atoms with van der Waals surface area (Å²) in [6.07, 6.45) is 0.739. The summed E-state index contributed by atoms with van der Waals surface area (Å²) in [7, 11) is 1.40. The van der Waals surface area contributed by atoms with Crippen molar-refractivity contribution in [1.29, 1.82) is 0 Å². The summed E-state index contributed by atoms with van der Waals surface area (Å²) in [6.45, 7) is 1.21. The van der Waals surface area contributed by atoms with E-state index in [0.29, 0.717) is 13.1 Å². The van der Waals surface area contributed by atoms with Gasteiger partial charge in [0.15, 0.2) is 0 Å². The van der Waals surface area contributed by atoms with Crippen molar-refractivity contribution in [2.75, 3.05) is 20.2 Å². The lowest BCUT2D eigenvalue weighted by Crippen LogP contribution is -2.49. The third-order valence-electron chi connectivity index (χ3n) is 3.00. The molecule has 2 fully saturated rings. The summed E-state index contributed by atoms with van der Waals surface area (Å²) in [5, 5.41) is 5.87. The van der Waals surface area contributed by atoms with Gasteiger partial charge in [0.25, 0.3) is 0 Å². The van der Waals surface area contributed by atoms with Crippen LogP contribution in [0, 0.1) is 11.8 Å². The summed E-state index contributed by atoms with van der Waals surface area (Å²) >= 11 is 0. The Balaban J connectivity index is 1.99. The second-order valence-corrected chi connectivity index (χ2v) is 3.85. The first-order chi connectivity index (χ1) is 6.72. The lowest BCUT2D eigenvalue weighted by atomic mass is 9.86. The number of methoxy groups -OCH3 is 1. The molecule has 5 nitrogen and oxygen atoms in total. The maximum absolute atomic E-state index is 11.3. The number of ether oxygens (including phenoxy) is 1. The molecular formula is C9H14N2O3. The standard InChI is InChI=1S/C9H14N2O3/c1-14-9(13)6-2-5-3-11-8(12)7(5)10-4-6/h5-7,10H,2-4H2,1H3,(H,11,12)/t5-,6-,7-/m0/s1. The number of nitrogens with one attached hydrogen (secondary N) is 2. The van der Waals surface area contributed by atoms with E-state index >= 15 is 0 Å². The van der Waals surface area contributed by atoms with Gasteiger partial charge < -0.3 is 15.4 Å². The molecule has 2 heterocycles. The Labute approximate surface area is 82.2 Å². The van der Waals surface area contributed by atoms with Crippen molar-refractivity contribution in [2.45, 2.75) is 12.5 Å². The van der Waals surface area contributed by atoms with Crippen LogP contribution in [-0.4, -0.2) is 38.1 Å². The van der Waals surface area contributed by atoms with E-state index in [4.69, 9.17) is 0 Å². The normalized spacial score (nSPS) is 36.1. The molecule has 0 aromatic heterocycles. The second-order valence-electron chi connectivity index (χ2n) is 3.85. The van der Waals surface area contributed by atoms with E-state index in [9.17, 15) is 9.59 Å². The van der Waals surface area contributed by atoms with Crippen molar-refractivity contribution in [3.8, 4) is 0 Å². The van der Waals surface area contributed by atoms with Crippen LogP contribution in [0.5, 0.6) is 0 Å². The number of esters is 1. The number of hydrogen-bond donors (Lipinski definition) is 2. The minimum Gasteiger partial charge on any atom is -0.469 e. The number of carbonyl (C=O) groups excluding carboxylic acids is 2. The molecule has 2 N–H and O–H groups in total. The van der Waals surface area contributed by atoms with Crippen LogP contribution in [0.15, 0.2) is 0 Å². The van der Waals surface area contributed by atoms with Crippen LogP contribution in [0.1, 0.15) is 6.42 Å². The van der Waals surface area contributed by atoms with Crippen molar-refractivity contribution < 1.29 is 14.3 Å². The highest BCUT2D eigenvalue weighted by atomic mass is 16.5. The highest BCUT2D eigenvalue weighted by Crippen LogP contribution is 2.24. The first kappa shape index (κ1) is 9.45. The Morgan fingerprint density at radius 3 is 3.00 bits per heavy atom. The summed E-state index contributed by atoms with van der Waals surface area (Å²) in [5.74, 6) is 0.00270. The summed E-state index contributed by atoms with van der Waals surface area (Å²) in [5.41, 5.74) is 0. The van der Waals surface area contributed by atoms with E-state index in [0.717, 1.165) is 6.42 Å². The number of hydrogen-bond acceptors (Lipinski definition) is 4. The van der Waals surface area contributed by atoms with E-state index < -0.39 is 0 Å². The average molecular weight is 198 g/mol. The smallest absolute Gasteiger partial charge is 0.309 e. The number of amides is 1. The van der Waals surface area contributed by atoms with Gasteiger partial charge in [-0.25, -0.2) is 0 Å². The Hall–Kier alpha value is -1.10. The monoisotopic (exact) mass is 198 g/mol. The molecule has 14 heavy (non-hydrogen) atoms. The molecule has 0 radical (unpaired) electrons. The van der Waals surface area contributed by atoms with E-state index in [-0.39, 0.29) is 29.8 Å². The highest BCUT2D eigenvalue weighted by Gasteiger charge is 2.41. The first-order valence-electron chi connectivity index (χ1n) is 4.81. The first-order valence-corrected chi connectivity index (χ1v) is 4.81. The van der Waals surface area contributed by atoms with Gasteiger partial charge >= 0.3 is 5.97 Å². The van der Waals surface area contributed by atoms with Gasteiger partial charge in [0, 0.05) is 19.0 Å². The SMILES string of the molecule is COC(=O)[C@@H]1CN[C@@H]2C(=O)NC[C@@H]2C1. The highest BCUT2D eigenvalue weighted by molar-refractivity contribution is 5.85. The fraction of sp³-hybridized carbons (Fsp3) is 0.778. The topological polar surface area (TPSA) is 67.4 Å². The van der Waals surface area contributed by atoms with Crippen molar-refractivity contribution >= 4 is 11.9 Å². The fourth-order valence-electron chi connectivity index (χ4n) is 2.22. The molecule has 2 rings (SSSR count). The predicted molar refractivity (Wildman–Crippen MR) is 48.4 cm³/mol. The molecule has 3 atom stereocenters. The Morgan fingerprint density at radius 1 is 1.50 bits per heavy atom. The van der Waals surface area contributed by atoms with Crippen LogP contribution in [0.4, 0.5) is 0 Å². The molecule has 2 aliphatic rings. The van der Waals surface area contributed by atoms with Crippen LogP contribution >= 0.6 is 0 Å². The van der Waals surface area contributed by atoms with E-state index in [1.165, 1.54) is 7.11 Å². The van der Waals surface area contributed by atoms with Crippen LogP contribution in [0.3, 0.4) is 0 Å².